The number of hydrogen-bond donors (Lipinski definition) is 0. The average Bonchev–Trinajstić information content (AvgIpc) is 2.78. The Balaban J connectivity index is 1.94. The molecule has 0 unspecified atom stereocenters. The normalized spacial score (nSPS) is 14.9. The number of hydrogen-bond acceptors (Lipinski definition) is 3. The number of benzene rings is 2. The van der Waals surface area contributed by atoms with Crippen molar-refractivity contribution < 1.29 is 9.59 Å². The summed E-state index contributed by atoms with van der Waals surface area (Å²) in [6.45, 7) is 0. The van der Waals surface area contributed by atoms with Crippen molar-refractivity contribution in [3.8, 4) is 0 Å². The molecule has 1 heterocycles. The maximum Gasteiger partial charge on any atom is 0.267 e. The molecule has 0 atom stereocenters. The summed E-state index contributed by atoms with van der Waals surface area (Å²) in [5.74, 6) is 0.218. The van der Waals surface area contributed by atoms with E-state index in [1.165, 1.54) is 23.7 Å². The molecule has 3 nitrogen and oxygen atoms in total. The fraction of sp³-hybridized carbons (Fsp3) is 0.111. The predicted octanol–water partition coefficient (Wildman–Crippen LogP) is 3.33. The first-order chi connectivity index (χ1) is 10.7. The van der Waals surface area contributed by atoms with Crippen molar-refractivity contribution in [1.29, 1.82) is 0 Å². The minimum atomic E-state index is -0.230. The van der Waals surface area contributed by atoms with Crippen molar-refractivity contribution in [3.05, 3.63) is 76.7 Å². The Hall–Kier alpha value is -2.33. The zero-order valence-electron chi connectivity index (χ0n) is 12.2. The number of carbonyl (C=O) groups excluding carboxylic acids is 2. The molecule has 0 N–H and O–H groups in total. The predicted molar refractivity (Wildman–Crippen MR) is 88.9 cm³/mol. The molecule has 0 saturated heterocycles. The van der Waals surface area contributed by atoms with Gasteiger partial charge < -0.3 is 0 Å². The van der Waals surface area contributed by atoms with E-state index >= 15 is 0 Å². The molecule has 1 aliphatic rings. The van der Waals surface area contributed by atoms with Gasteiger partial charge in [-0.15, -0.1) is 11.8 Å². The van der Waals surface area contributed by atoms with Gasteiger partial charge in [0, 0.05) is 12.8 Å². The van der Waals surface area contributed by atoms with Crippen LogP contribution in [-0.4, -0.2) is 23.8 Å². The van der Waals surface area contributed by atoms with E-state index in [2.05, 4.69) is 0 Å². The molecule has 0 radical (unpaired) electrons. The van der Waals surface area contributed by atoms with E-state index in [4.69, 9.17) is 0 Å². The second kappa shape index (κ2) is 6.20. The smallest absolute Gasteiger partial charge is 0.267 e. The first kappa shape index (κ1) is 14.6. The number of imide groups is 1. The molecule has 3 rings (SSSR count). The molecule has 0 aromatic heterocycles. The number of amides is 2. The van der Waals surface area contributed by atoms with Crippen LogP contribution in [0.2, 0.25) is 0 Å². The molecule has 2 aromatic rings. The summed E-state index contributed by atoms with van der Waals surface area (Å²) in [7, 11) is 1.53. The summed E-state index contributed by atoms with van der Waals surface area (Å²) >= 11 is 1.42. The van der Waals surface area contributed by atoms with Crippen LogP contribution in [0.4, 0.5) is 0 Å². The third-order valence-corrected chi connectivity index (χ3v) is 4.68. The van der Waals surface area contributed by atoms with Gasteiger partial charge in [0.15, 0.2) is 0 Å². The maximum atomic E-state index is 12.4. The van der Waals surface area contributed by atoms with Crippen LogP contribution < -0.4 is 0 Å². The minimum Gasteiger partial charge on any atom is -0.277 e. The fourth-order valence-corrected chi connectivity index (χ4v) is 3.45. The van der Waals surface area contributed by atoms with Gasteiger partial charge >= 0.3 is 0 Å². The van der Waals surface area contributed by atoms with E-state index in [0.717, 1.165) is 11.1 Å². The molecule has 4 heteroatoms. The Labute approximate surface area is 133 Å². The van der Waals surface area contributed by atoms with Gasteiger partial charge in [0.1, 0.15) is 0 Å². The summed E-state index contributed by atoms with van der Waals surface area (Å²) in [6.07, 6.45) is 0. The molecule has 0 bridgehead atoms. The molecule has 0 spiro atoms. The van der Waals surface area contributed by atoms with E-state index < -0.39 is 0 Å². The van der Waals surface area contributed by atoms with Crippen LogP contribution in [0.1, 0.15) is 11.1 Å². The summed E-state index contributed by atoms with van der Waals surface area (Å²) in [6, 6.07) is 19.3. The Morgan fingerprint density at radius 3 is 2.09 bits per heavy atom. The molecule has 110 valence electrons. The standard InChI is InChI=1S/C18H15NO2S/c1-19-17(20)15(14-10-6-3-7-11-14)16(18(19)21)22-12-13-8-4-2-5-9-13/h2-11H,12H2,1H3. The van der Waals surface area contributed by atoms with Crippen molar-refractivity contribution in [1.82, 2.24) is 4.90 Å². The highest BCUT2D eigenvalue weighted by Gasteiger charge is 2.36. The highest BCUT2D eigenvalue weighted by atomic mass is 32.2. The van der Waals surface area contributed by atoms with Crippen LogP contribution >= 0.6 is 11.8 Å². The number of carbonyl (C=O) groups is 2. The van der Waals surface area contributed by atoms with E-state index in [0.29, 0.717) is 16.2 Å². The molecular weight excluding hydrogens is 294 g/mol. The van der Waals surface area contributed by atoms with Crippen LogP contribution in [-0.2, 0) is 15.3 Å². The SMILES string of the molecule is CN1C(=O)C(SCc2ccccc2)=C(c2ccccc2)C1=O. The Bertz CT molecular complexity index is 738. The molecule has 0 aliphatic carbocycles. The maximum absolute atomic E-state index is 12.4. The van der Waals surface area contributed by atoms with Crippen molar-refractivity contribution in [2.75, 3.05) is 7.05 Å². The second-order valence-corrected chi connectivity index (χ2v) is 6.00. The highest BCUT2D eigenvalue weighted by Crippen LogP contribution is 2.36. The van der Waals surface area contributed by atoms with Crippen LogP contribution in [0.3, 0.4) is 0 Å². The lowest BCUT2D eigenvalue weighted by Crippen LogP contribution is -2.26. The number of rotatable bonds is 4. The van der Waals surface area contributed by atoms with Crippen molar-refractivity contribution in [2.45, 2.75) is 5.75 Å². The second-order valence-electron chi connectivity index (χ2n) is 5.01. The highest BCUT2D eigenvalue weighted by molar-refractivity contribution is 8.03. The van der Waals surface area contributed by atoms with E-state index in [-0.39, 0.29) is 11.8 Å². The largest absolute Gasteiger partial charge is 0.277 e. The quantitative estimate of drug-likeness (QED) is 0.813. The third-order valence-electron chi connectivity index (χ3n) is 3.53. The molecule has 22 heavy (non-hydrogen) atoms. The van der Waals surface area contributed by atoms with Gasteiger partial charge in [-0.25, -0.2) is 0 Å². The zero-order valence-corrected chi connectivity index (χ0v) is 13.0. The summed E-state index contributed by atoms with van der Waals surface area (Å²) in [4.78, 5) is 26.4. The molecule has 1 aliphatic heterocycles. The monoisotopic (exact) mass is 309 g/mol. The van der Waals surface area contributed by atoms with Gasteiger partial charge in [0.2, 0.25) is 0 Å². The van der Waals surface area contributed by atoms with Crippen molar-refractivity contribution in [3.63, 3.8) is 0 Å². The lowest BCUT2D eigenvalue weighted by molar-refractivity contribution is -0.134. The summed E-state index contributed by atoms with van der Waals surface area (Å²) < 4.78 is 0. The number of thioether (sulfide) groups is 1. The lowest BCUT2D eigenvalue weighted by Gasteiger charge is -2.06. The topological polar surface area (TPSA) is 37.4 Å². The molecule has 0 saturated carbocycles. The molecule has 2 aromatic carbocycles. The van der Waals surface area contributed by atoms with Gasteiger partial charge in [-0.3, -0.25) is 14.5 Å². The van der Waals surface area contributed by atoms with Crippen molar-refractivity contribution >= 4 is 29.1 Å². The van der Waals surface area contributed by atoms with Crippen LogP contribution in [0.15, 0.2) is 65.6 Å². The van der Waals surface area contributed by atoms with Crippen molar-refractivity contribution in [2.24, 2.45) is 0 Å². The van der Waals surface area contributed by atoms with Gasteiger partial charge in [0.05, 0.1) is 10.5 Å². The Morgan fingerprint density at radius 1 is 0.864 bits per heavy atom. The molecule has 0 fully saturated rings. The van der Waals surface area contributed by atoms with E-state index in [1.807, 2.05) is 60.7 Å². The number of likely N-dealkylation sites (N-methyl/N-ethyl adjacent to an activating group) is 1. The van der Waals surface area contributed by atoms with Crippen LogP contribution in [0.5, 0.6) is 0 Å². The fourth-order valence-electron chi connectivity index (χ4n) is 2.34. The van der Waals surface area contributed by atoms with Gasteiger partial charge in [-0.2, -0.15) is 0 Å². The molecular formula is C18H15NO2S. The van der Waals surface area contributed by atoms with Crippen LogP contribution in [0.25, 0.3) is 5.57 Å². The van der Waals surface area contributed by atoms with Gasteiger partial charge in [-0.05, 0) is 11.1 Å². The number of nitrogens with zero attached hydrogens (tertiary/aromatic N) is 1. The van der Waals surface area contributed by atoms with E-state index in [1.54, 1.807) is 0 Å². The summed E-state index contributed by atoms with van der Waals surface area (Å²) in [5.41, 5.74) is 2.43. The average molecular weight is 309 g/mol. The lowest BCUT2D eigenvalue weighted by atomic mass is 10.1. The summed E-state index contributed by atoms with van der Waals surface area (Å²) in [5, 5.41) is 0. The Kier molecular flexibility index (Phi) is 4.11. The first-order valence-electron chi connectivity index (χ1n) is 6.97. The van der Waals surface area contributed by atoms with E-state index in [9.17, 15) is 9.59 Å². The Morgan fingerprint density at radius 2 is 1.45 bits per heavy atom. The van der Waals surface area contributed by atoms with Gasteiger partial charge in [-0.1, -0.05) is 60.7 Å². The molecule has 2 amide bonds. The minimum absolute atomic E-state index is 0.218. The van der Waals surface area contributed by atoms with Crippen LogP contribution in [0, 0.1) is 0 Å². The first-order valence-corrected chi connectivity index (χ1v) is 7.96. The van der Waals surface area contributed by atoms with Gasteiger partial charge in [0.25, 0.3) is 11.8 Å². The zero-order chi connectivity index (χ0) is 15.5. The third kappa shape index (κ3) is 2.70.